The number of aryl methyl sites for hydroxylation is 2. The van der Waals surface area contributed by atoms with Crippen LogP contribution in [-0.2, 0) is 6.61 Å². The fourth-order valence-electron chi connectivity index (χ4n) is 2.21. The molecule has 0 aromatic heterocycles. The summed E-state index contributed by atoms with van der Waals surface area (Å²) in [6, 6.07) is 11.8. The monoisotopic (exact) mass is 301 g/mol. The van der Waals surface area contributed by atoms with Crippen molar-refractivity contribution in [3.63, 3.8) is 0 Å². The molecule has 0 aliphatic carbocycles. The fourth-order valence-corrected chi connectivity index (χ4v) is 2.38. The van der Waals surface area contributed by atoms with Crippen molar-refractivity contribution in [1.29, 1.82) is 0 Å². The first-order chi connectivity index (χ1) is 10.0. The van der Waals surface area contributed by atoms with Gasteiger partial charge < -0.3 is 15.2 Å². The number of hydrogen-bond acceptors (Lipinski definition) is 3. The third-order valence-electron chi connectivity index (χ3n) is 3.32. The molecule has 4 heteroatoms. The van der Waals surface area contributed by atoms with Gasteiger partial charge >= 0.3 is 0 Å². The Morgan fingerprint density at radius 2 is 1.81 bits per heavy atom. The first kappa shape index (κ1) is 15.3. The van der Waals surface area contributed by atoms with Crippen LogP contribution in [-0.4, -0.2) is 12.1 Å². The van der Waals surface area contributed by atoms with E-state index in [2.05, 4.69) is 0 Å². The maximum absolute atomic E-state index is 5.93. The second-order valence-corrected chi connectivity index (χ2v) is 5.35. The van der Waals surface area contributed by atoms with Gasteiger partial charge in [-0.3, -0.25) is 0 Å². The van der Waals surface area contributed by atoms with Gasteiger partial charge in [0.2, 0.25) is 0 Å². The number of benzene rings is 2. The lowest BCUT2D eigenvalue weighted by atomic mass is 10.1. The molecule has 0 radical (unpaired) electrons. The topological polar surface area (TPSA) is 44.5 Å². The molecule has 3 nitrogen and oxygen atoms in total. The minimum absolute atomic E-state index is 0.328. The van der Waals surface area contributed by atoms with Gasteiger partial charge in [-0.2, -0.15) is 0 Å². The zero-order chi connectivity index (χ0) is 15.4. The fraction of sp³-hybridized carbons (Fsp3) is 0.235. The van der Waals surface area contributed by atoms with Gasteiger partial charge in [-0.15, -0.1) is 0 Å². The van der Waals surface area contributed by atoms with Crippen LogP contribution in [0, 0.1) is 13.8 Å². The van der Waals surface area contributed by atoms with E-state index in [1.165, 1.54) is 0 Å². The summed E-state index contributed by atoms with van der Waals surface area (Å²) in [6.45, 7) is 4.55. The Labute approximate surface area is 130 Å². The van der Waals surface area contributed by atoms with Crippen LogP contribution in [0.15, 0.2) is 36.4 Å². The maximum atomic E-state index is 5.93. The van der Waals surface area contributed by atoms with Crippen LogP contribution in [0.5, 0.6) is 11.5 Å². The molecule has 0 atom stereocenters. The van der Waals surface area contributed by atoms with E-state index >= 15 is 0 Å². The molecule has 2 N–H and O–H groups in total. The molecule has 2 aromatic rings. The lowest BCUT2D eigenvalue weighted by molar-refractivity contribution is 0.301. The summed E-state index contributed by atoms with van der Waals surface area (Å²) in [5.41, 5.74) is 9.67. The highest BCUT2D eigenvalue weighted by Crippen LogP contribution is 2.25. The van der Waals surface area contributed by atoms with Crippen molar-refractivity contribution in [2.45, 2.75) is 20.5 Å². The van der Waals surface area contributed by atoms with E-state index < -0.39 is 0 Å². The highest BCUT2D eigenvalue weighted by Gasteiger charge is 2.08. The summed E-state index contributed by atoms with van der Waals surface area (Å²) in [5.74, 6) is 1.60. The molecule has 0 unspecified atom stereocenters. The van der Waals surface area contributed by atoms with Crippen LogP contribution in [0.4, 0.5) is 0 Å². The van der Waals surface area contributed by atoms with Crippen LogP contribution in [0.1, 0.15) is 22.3 Å². The Balaban J connectivity index is 2.19. The summed E-state index contributed by atoms with van der Waals surface area (Å²) >= 11 is 5.00. The van der Waals surface area contributed by atoms with E-state index in [1.54, 1.807) is 7.11 Å². The molecule has 110 valence electrons. The minimum Gasteiger partial charge on any atom is -0.496 e. The standard InChI is InChI=1S/C17H19NO2S/c1-11-5-4-6-12(2)16(11)20-10-13-7-8-14(17(18)21)15(9-13)19-3/h4-9H,10H2,1-3H3,(H2,18,21). The van der Waals surface area contributed by atoms with E-state index in [-0.39, 0.29) is 0 Å². The molecule has 2 rings (SSSR count). The van der Waals surface area contributed by atoms with E-state index in [1.807, 2.05) is 50.2 Å². The molecule has 0 heterocycles. The SMILES string of the molecule is COc1cc(COc2c(C)cccc2C)ccc1C(N)=S. The van der Waals surface area contributed by atoms with Gasteiger partial charge in [0.15, 0.2) is 0 Å². The number of methoxy groups -OCH3 is 1. The number of rotatable bonds is 5. The summed E-state index contributed by atoms with van der Waals surface area (Å²) in [7, 11) is 1.60. The van der Waals surface area contributed by atoms with Gasteiger partial charge in [-0.1, -0.05) is 36.5 Å². The molecule has 0 aliphatic heterocycles. The number of nitrogens with two attached hydrogens (primary N) is 1. The summed E-state index contributed by atoms with van der Waals surface area (Å²) < 4.78 is 11.3. The normalized spacial score (nSPS) is 10.2. The molecule has 0 bridgehead atoms. The van der Waals surface area contributed by atoms with E-state index in [9.17, 15) is 0 Å². The Hall–Kier alpha value is -2.07. The van der Waals surface area contributed by atoms with Crippen LogP contribution in [0.2, 0.25) is 0 Å². The van der Waals surface area contributed by atoms with Crippen molar-refractivity contribution in [3.05, 3.63) is 58.7 Å². The van der Waals surface area contributed by atoms with Gasteiger partial charge in [0.05, 0.1) is 12.7 Å². The quantitative estimate of drug-likeness (QED) is 0.858. The second-order valence-electron chi connectivity index (χ2n) is 4.91. The molecule has 2 aromatic carbocycles. The summed E-state index contributed by atoms with van der Waals surface area (Å²) in [5, 5.41) is 0. The van der Waals surface area contributed by atoms with Crippen LogP contribution in [0.25, 0.3) is 0 Å². The highest BCUT2D eigenvalue weighted by molar-refractivity contribution is 7.80. The van der Waals surface area contributed by atoms with E-state index in [0.29, 0.717) is 17.3 Å². The largest absolute Gasteiger partial charge is 0.496 e. The molecule has 0 saturated carbocycles. The van der Waals surface area contributed by atoms with Crippen molar-refractivity contribution < 1.29 is 9.47 Å². The Bertz CT molecular complexity index is 648. The van der Waals surface area contributed by atoms with Crippen molar-refractivity contribution in [2.24, 2.45) is 5.73 Å². The lowest BCUT2D eigenvalue weighted by Crippen LogP contribution is -2.11. The zero-order valence-corrected chi connectivity index (χ0v) is 13.3. The number of hydrogen-bond donors (Lipinski definition) is 1. The average molecular weight is 301 g/mol. The number of ether oxygens (including phenoxy) is 2. The zero-order valence-electron chi connectivity index (χ0n) is 12.5. The van der Waals surface area contributed by atoms with Crippen molar-refractivity contribution >= 4 is 17.2 Å². The molecular weight excluding hydrogens is 282 g/mol. The van der Waals surface area contributed by atoms with Gasteiger partial charge in [-0.25, -0.2) is 0 Å². The summed E-state index contributed by atoms with van der Waals surface area (Å²) in [4.78, 5) is 0.328. The van der Waals surface area contributed by atoms with Crippen molar-refractivity contribution in [1.82, 2.24) is 0 Å². The molecule has 0 spiro atoms. The summed E-state index contributed by atoms with van der Waals surface area (Å²) in [6.07, 6.45) is 0. The maximum Gasteiger partial charge on any atom is 0.129 e. The third kappa shape index (κ3) is 3.52. The third-order valence-corrected chi connectivity index (χ3v) is 3.54. The molecule has 0 saturated heterocycles. The van der Waals surface area contributed by atoms with E-state index in [0.717, 1.165) is 28.0 Å². The van der Waals surface area contributed by atoms with Gasteiger partial charge in [-0.05, 0) is 42.7 Å². The molecule has 0 amide bonds. The predicted molar refractivity (Wildman–Crippen MR) is 89.1 cm³/mol. The number of para-hydroxylation sites is 1. The van der Waals surface area contributed by atoms with Gasteiger partial charge in [0.25, 0.3) is 0 Å². The smallest absolute Gasteiger partial charge is 0.129 e. The van der Waals surface area contributed by atoms with Gasteiger partial charge in [0, 0.05) is 0 Å². The Morgan fingerprint density at radius 3 is 2.38 bits per heavy atom. The van der Waals surface area contributed by atoms with Crippen molar-refractivity contribution in [3.8, 4) is 11.5 Å². The van der Waals surface area contributed by atoms with Crippen LogP contribution >= 0.6 is 12.2 Å². The van der Waals surface area contributed by atoms with E-state index in [4.69, 9.17) is 27.4 Å². The van der Waals surface area contributed by atoms with Crippen LogP contribution < -0.4 is 15.2 Å². The Kier molecular flexibility index (Phi) is 4.81. The highest BCUT2D eigenvalue weighted by atomic mass is 32.1. The molecule has 0 aliphatic rings. The number of thiocarbonyl (C=S) groups is 1. The van der Waals surface area contributed by atoms with Crippen LogP contribution in [0.3, 0.4) is 0 Å². The first-order valence-corrected chi connectivity index (χ1v) is 7.09. The molecule has 0 fully saturated rings. The Morgan fingerprint density at radius 1 is 1.14 bits per heavy atom. The average Bonchev–Trinajstić information content (AvgIpc) is 2.46. The minimum atomic E-state index is 0.328. The molecule has 21 heavy (non-hydrogen) atoms. The van der Waals surface area contributed by atoms with Crippen molar-refractivity contribution in [2.75, 3.05) is 7.11 Å². The van der Waals surface area contributed by atoms with Gasteiger partial charge in [0.1, 0.15) is 23.1 Å². The lowest BCUT2D eigenvalue weighted by Gasteiger charge is -2.13. The molecular formula is C17H19NO2S. The second kappa shape index (κ2) is 6.59. The predicted octanol–water partition coefficient (Wildman–Crippen LogP) is 3.53. The first-order valence-electron chi connectivity index (χ1n) is 6.68.